The van der Waals surface area contributed by atoms with Crippen molar-refractivity contribution in [2.45, 2.75) is 59.0 Å². The lowest BCUT2D eigenvalue weighted by Crippen LogP contribution is -2.45. The number of guanidine groups is 1. The molecule has 1 aromatic heterocycles. The molecule has 0 fully saturated rings. The van der Waals surface area contributed by atoms with E-state index in [1.807, 2.05) is 11.7 Å². The van der Waals surface area contributed by atoms with E-state index >= 15 is 0 Å². The van der Waals surface area contributed by atoms with Crippen LogP contribution in [0, 0.1) is 13.8 Å². The van der Waals surface area contributed by atoms with Crippen molar-refractivity contribution >= 4 is 29.9 Å². The minimum absolute atomic E-state index is 0. The third-order valence-corrected chi connectivity index (χ3v) is 6.03. The summed E-state index contributed by atoms with van der Waals surface area (Å²) in [6.07, 6.45) is 2.14. The minimum atomic E-state index is 0. The fraction of sp³-hybridized carbons (Fsp3) is 0.565. The van der Waals surface area contributed by atoms with Crippen LogP contribution >= 0.6 is 24.0 Å². The van der Waals surface area contributed by atoms with Crippen LogP contribution in [0.4, 0.5) is 0 Å². The summed E-state index contributed by atoms with van der Waals surface area (Å²) in [7, 11) is 3.53. The van der Waals surface area contributed by atoms with Crippen molar-refractivity contribution in [1.29, 1.82) is 0 Å². The van der Waals surface area contributed by atoms with Gasteiger partial charge in [0.2, 0.25) is 0 Å². The van der Waals surface area contributed by atoms with Crippen LogP contribution in [-0.4, -0.2) is 43.0 Å². The van der Waals surface area contributed by atoms with E-state index in [1.165, 1.54) is 16.8 Å². The molecular formula is C23H38IN5O. The van der Waals surface area contributed by atoms with Crippen LogP contribution in [0.25, 0.3) is 0 Å². The quantitative estimate of drug-likeness (QED) is 0.277. The zero-order valence-electron chi connectivity index (χ0n) is 19.3. The number of aryl methyl sites for hydroxylation is 1. The molecule has 0 saturated carbocycles. The first kappa shape index (κ1) is 26.4. The Balaban J connectivity index is 0.00000450. The fourth-order valence-corrected chi connectivity index (χ4v) is 3.83. The average Bonchev–Trinajstić information content (AvgIpc) is 3.03. The predicted molar refractivity (Wildman–Crippen MR) is 136 cm³/mol. The molecule has 0 saturated heterocycles. The summed E-state index contributed by atoms with van der Waals surface area (Å²) in [5.41, 5.74) is 4.89. The number of ether oxygens (including phenoxy) is 1. The Morgan fingerprint density at radius 3 is 2.37 bits per heavy atom. The van der Waals surface area contributed by atoms with Gasteiger partial charge in [-0.2, -0.15) is 5.10 Å². The number of rotatable bonds is 10. The highest BCUT2D eigenvalue weighted by Crippen LogP contribution is 2.30. The van der Waals surface area contributed by atoms with E-state index in [0.717, 1.165) is 37.6 Å². The van der Waals surface area contributed by atoms with Crippen LogP contribution in [0.5, 0.6) is 0 Å². The first-order valence-electron chi connectivity index (χ1n) is 10.5. The molecule has 1 heterocycles. The van der Waals surface area contributed by atoms with Gasteiger partial charge < -0.3 is 15.4 Å². The Labute approximate surface area is 198 Å². The maximum absolute atomic E-state index is 5.18. The number of benzene rings is 1. The lowest BCUT2D eigenvalue weighted by atomic mass is 9.76. The molecule has 0 radical (unpaired) electrons. The topological polar surface area (TPSA) is 63.5 Å². The number of aromatic nitrogens is 2. The first-order valence-corrected chi connectivity index (χ1v) is 10.5. The summed E-state index contributed by atoms with van der Waals surface area (Å²) in [6.45, 7) is 11.6. The summed E-state index contributed by atoms with van der Waals surface area (Å²) >= 11 is 0. The Morgan fingerprint density at radius 1 is 1.13 bits per heavy atom. The summed E-state index contributed by atoms with van der Waals surface area (Å²) in [4.78, 5) is 4.43. The van der Waals surface area contributed by atoms with Crippen molar-refractivity contribution < 1.29 is 4.74 Å². The number of methoxy groups -OCH3 is 1. The molecule has 2 N–H and O–H groups in total. The second-order valence-electron chi connectivity index (χ2n) is 7.50. The van der Waals surface area contributed by atoms with Crippen LogP contribution in [0.3, 0.4) is 0 Å². The molecule has 0 bridgehead atoms. The van der Waals surface area contributed by atoms with E-state index in [2.05, 4.69) is 78.8 Å². The molecule has 0 atom stereocenters. The molecule has 0 aliphatic heterocycles. The molecule has 2 rings (SSSR count). The van der Waals surface area contributed by atoms with Crippen LogP contribution in [0.2, 0.25) is 0 Å². The smallest absolute Gasteiger partial charge is 0.191 e. The van der Waals surface area contributed by atoms with Crippen molar-refractivity contribution in [2.24, 2.45) is 4.99 Å². The highest BCUT2D eigenvalue weighted by Gasteiger charge is 2.28. The highest BCUT2D eigenvalue weighted by molar-refractivity contribution is 14.0. The van der Waals surface area contributed by atoms with Crippen LogP contribution < -0.4 is 10.6 Å². The summed E-state index contributed by atoms with van der Waals surface area (Å²) in [6, 6.07) is 10.8. The number of aliphatic imine (C=N–C) groups is 1. The van der Waals surface area contributed by atoms with Crippen molar-refractivity contribution in [3.63, 3.8) is 0 Å². The largest absolute Gasteiger partial charge is 0.383 e. The van der Waals surface area contributed by atoms with E-state index in [4.69, 9.17) is 4.74 Å². The van der Waals surface area contributed by atoms with Gasteiger partial charge in [0.1, 0.15) is 0 Å². The molecule has 0 spiro atoms. The standard InChI is InChI=1S/C23H37N5O.HI/c1-7-23(8-2,20-12-10-9-11-13-20)17-26-22(24-5)25-16-21-18(3)27-28(19(21)4)14-15-29-6;/h9-13H,7-8,14-17H2,1-6H3,(H2,24,25,26);1H. The maximum Gasteiger partial charge on any atom is 0.191 e. The molecular weight excluding hydrogens is 489 g/mol. The minimum Gasteiger partial charge on any atom is -0.383 e. The molecule has 6 nitrogen and oxygen atoms in total. The third kappa shape index (κ3) is 6.44. The van der Waals surface area contributed by atoms with Crippen molar-refractivity contribution in [2.75, 3.05) is 27.3 Å². The Morgan fingerprint density at radius 2 is 1.80 bits per heavy atom. The molecule has 0 aliphatic carbocycles. The third-order valence-electron chi connectivity index (χ3n) is 6.03. The van der Waals surface area contributed by atoms with Gasteiger partial charge in [-0.25, -0.2) is 0 Å². The van der Waals surface area contributed by atoms with E-state index in [9.17, 15) is 0 Å². The van der Waals surface area contributed by atoms with Gasteiger partial charge in [-0.05, 0) is 32.3 Å². The normalized spacial score (nSPS) is 11.9. The summed E-state index contributed by atoms with van der Waals surface area (Å²) < 4.78 is 7.20. The fourth-order valence-electron chi connectivity index (χ4n) is 3.83. The number of halogens is 1. The van der Waals surface area contributed by atoms with Gasteiger partial charge in [-0.3, -0.25) is 9.67 Å². The molecule has 7 heteroatoms. The molecule has 0 unspecified atom stereocenters. The van der Waals surface area contributed by atoms with Gasteiger partial charge in [0, 0.05) is 43.9 Å². The Hall–Kier alpha value is -1.61. The summed E-state index contributed by atoms with van der Waals surface area (Å²) in [5, 5.41) is 11.7. The average molecular weight is 527 g/mol. The van der Waals surface area contributed by atoms with Crippen LogP contribution in [-0.2, 0) is 23.2 Å². The van der Waals surface area contributed by atoms with Gasteiger partial charge in [-0.1, -0.05) is 44.2 Å². The second kappa shape index (κ2) is 12.9. The lowest BCUT2D eigenvalue weighted by Gasteiger charge is -2.33. The zero-order chi connectivity index (χ0) is 21.3. The van der Waals surface area contributed by atoms with E-state index in [0.29, 0.717) is 13.2 Å². The van der Waals surface area contributed by atoms with E-state index < -0.39 is 0 Å². The van der Waals surface area contributed by atoms with Crippen LogP contribution in [0.1, 0.15) is 49.2 Å². The van der Waals surface area contributed by atoms with Gasteiger partial charge in [0.05, 0.1) is 18.8 Å². The second-order valence-corrected chi connectivity index (χ2v) is 7.50. The molecule has 0 aliphatic rings. The first-order chi connectivity index (χ1) is 14.0. The Bertz CT molecular complexity index is 784. The number of nitrogens with zero attached hydrogens (tertiary/aromatic N) is 3. The number of hydrogen-bond donors (Lipinski definition) is 2. The molecule has 2 aromatic rings. The SMILES string of the molecule is CCC(CC)(CNC(=NC)NCc1c(C)nn(CCOC)c1C)c1ccccc1.I. The van der Waals surface area contributed by atoms with Gasteiger partial charge >= 0.3 is 0 Å². The van der Waals surface area contributed by atoms with E-state index in [-0.39, 0.29) is 29.4 Å². The van der Waals surface area contributed by atoms with Crippen LogP contribution in [0.15, 0.2) is 35.3 Å². The van der Waals surface area contributed by atoms with Gasteiger partial charge in [0.15, 0.2) is 5.96 Å². The molecule has 168 valence electrons. The molecule has 0 amide bonds. The van der Waals surface area contributed by atoms with Gasteiger partial charge in [-0.15, -0.1) is 24.0 Å². The molecule has 30 heavy (non-hydrogen) atoms. The molecule has 1 aromatic carbocycles. The number of nitrogens with one attached hydrogen (secondary N) is 2. The summed E-state index contributed by atoms with van der Waals surface area (Å²) in [5.74, 6) is 0.815. The highest BCUT2D eigenvalue weighted by atomic mass is 127. The number of hydrogen-bond acceptors (Lipinski definition) is 3. The predicted octanol–water partition coefficient (Wildman–Crippen LogP) is 4.19. The van der Waals surface area contributed by atoms with Crippen molar-refractivity contribution in [3.8, 4) is 0 Å². The van der Waals surface area contributed by atoms with Gasteiger partial charge in [0.25, 0.3) is 0 Å². The zero-order valence-corrected chi connectivity index (χ0v) is 21.6. The Kier molecular flexibility index (Phi) is 11.4. The van der Waals surface area contributed by atoms with E-state index in [1.54, 1.807) is 7.11 Å². The maximum atomic E-state index is 5.18. The monoisotopic (exact) mass is 527 g/mol. The van der Waals surface area contributed by atoms with Crippen molar-refractivity contribution in [1.82, 2.24) is 20.4 Å². The van der Waals surface area contributed by atoms with Crippen molar-refractivity contribution in [3.05, 3.63) is 52.8 Å². The lowest BCUT2D eigenvalue weighted by molar-refractivity contribution is 0.182.